The summed E-state index contributed by atoms with van der Waals surface area (Å²) in [6, 6.07) is 24.2. The van der Waals surface area contributed by atoms with E-state index < -0.39 is 5.91 Å². The number of anilines is 1. The number of nitrogen functional groups attached to an aromatic ring is 1. The molecule has 4 aromatic carbocycles. The highest BCUT2D eigenvalue weighted by Gasteiger charge is 2.07. The summed E-state index contributed by atoms with van der Waals surface area (Å²) >= 11 is 5.95. The first-order valence-corrected chi connectivity index (χ1v) is 10.8. The molecule has 5 N–H and O–H groups in total. The van der Waals surface area contributed by atoms with Gasteiger partial charge in [-0.25, -0.2) is 5.43 Å². The minimum Gasteiger partial charge on any atom is -0.506 e. The molecule has 0 radical (unpaired) electrons. The number of nitrogens with one attached hydrogen (secondary N) is 2. The monoisotopic (exact) mass is 458 g/mol. The van der Waals surface area contributed by atoms with Gasteiger partial charge in [-0.2, -0.15) is 5.10 Å². The van der Waals surface area contributed by atoms with Crippen LogP contribution < -0.4 is 16.5 Å². The summed E-state index contributed by atoms with van der Waals surface area (Å²) in [5.74, 6) is -0.477. The van der Waals surface area contributed by atoms with Crippen LogP contribution in [0, 0.1) is 0 Å². The van der Waals surface area contributed by atoms with E-state index in [2.05, 4.69) is 28.0 Å². The number of nitrogens with two attached hydrogens (primary N) is 1. The van der Waals surface area contributed by atoms with Crippen LogP contribution in [0.2, 0.25) is 5.02 Å². The Kier molecular flexibility index (Phi) is 6.88. The zero-order valence-electron chi connectivity index (χ0n) is 17.8. The molecule has 4 rings (SSSR count). The fourth-order valence-electron chi connectivity index (χ4n) is 3.53. The normalized spacial score (nSPS) is 11.2. The van der Waals surface area contributed by atoms with Crippen molar-refractivity contribution >= 4 is 40.2 Å². The van der Waals surface area contributed by atoms with Gasteiger partial charge in [0.1, 0.15) is 5.75 Å². The number of halogens is 1. The molecule has 0 spiro atoms. The molecule has 33 heavy (non-hydrogen) atoms. The average molecular weight is 459 g/mol. The highest BCUT2D eigenvalue weighted by molar-refractivity contribution is 6.30. The number of carbonyl (C=O) groups excluding carboxylic acids is 1. The number of nitrogens with zero attached hydrogens (tertiary/aromatic N) is 1. The Labute approximate surface area is 196 Å². The highest BCUT2D eigenvalue weighted by Crippen LogP contribution is 2.22. The fraction of sp³-hybridized carbons (Fsp3) is 0.0769. The molecule has 0 aliphatic carbocycles. The summed E-state index contributed by atoms with van der Waals surface area (Å²) in [6.45, 7) is 1.45. The number of fused-ring (bicyclic) bond motifs is 1. The molecule has 0 saturated heterocycles. The lowest BCUT2D eigenvalue weighted by Gasteiger charge is -2.10. The summed E-state index contributed by atoms with van der Waals surface area (Å²) in [7, 11) is 0. The maximum Gasteiger partial charge on any atom is 0.271 e. The molecule has 6 nitrogen and oxygen atoms in total. The second-order valence-electron chi connectivity index (χ2n) is 7.56. The molecule has 0 heterocycles. The molecule has 0 aromatic heterocycles. The SMILES string of the molecule is Nc1cc(C(=O)N/N=C/c2cccc3c(CNCc4ccc(Cl)cc4)cccc23)ccc1O. The van der Waals surface area contributed by atoms with Gasteiger partial charge < -0.3 is 16.2 Å². The Bertz CT molecular complexity index is 1320. The molecule has 0 atom stereocenters. The second kappa shape index (κ2) is 10.2. The van der Waals surface area contributed by atoms with Gasteiger partial charge in [0.25, 0.3) is 5.91 Å². The van der Waals surface area contributed by atoms with Crippen LogP contribution in [0.4, 0.5) is 5.69 Å². The largest absolute Gasteiger partial charge is 0.506 e. The van der Waals surface area contributed by atoms with Crippen LogP contribution in [-0.2, 0) is 13.1 Å². The number of hydrogen-bond donors (Lipinski definition) is 4. The smallest absolute Gasteiger partial charge is 0.271 e. The number of amides is 1. The predicted octanol–water partition coefficient (Wildman–Crippen LogP) is 4.83. The van der Waals surface area contributed by atoms with Gasteiger partial charge in [0.15, 0.2) is 0 Å². The molecular weight excluding hydrogens is 436 g/mol. The van der Waals surface area contributed by atoms with Crippen molar-refractivity contribution in [1.82, 2.24) is 10.7 Å². The van der Waals surface area contributed by atoms with Crippen LogP contribution >= 0.6 is 11.6 Å². The third kappa shape index (κ3) is 5.49. The van der Waals surface area contributed by atoms with Crippen LogP contribution in [0.25, 0.3) is 10.8 Å². The summed E-state index contributed by atoms with van der Waals surface area (Å²) in [6.07, 6.45) is 1.62. The number of rotatable bonds is 7. The number of aromatic hydroxyl groups is 1. The van der Waals surface area contributed by atoms with E-state index in [0.29, 0.717) is 12.1 Å². The third-order valence-electron chi connectivity index (χ3n) is 5.26. The summed E-state index contributed by atoms with van der Waals surface area (Å²) < 4.78 is 0. The van der Waals surface area contributed by atoms with Gasteiger partial charge in [0, 0.05) is 29.2 Å². The van der Waals surface area contributed by atoms with Crippen molar-refractivity contribution < 1.29 is 9.90 Å². The number of hydrogen-bond acceptors (Lipinski definition) is 5. The van der Waals surface area contributed by atoms with E-state index in [9.17, 15) is 9.90 Å². The molecule has 0 aliphatic heterocycles. The number of hydrazone groups is 1. The Morgan fingerprint density at radius 1 is 0.970 bits per heavy atom. The van der Waals surface area contributed by atoms with Crippen LogP contribution in [0.15, 0.2) is 84.0 Å². The number of phenolic OH excluding ortho intramolecular Hbond substituents is 1. The summed E-state index contributed by atoms with van der Waals surface area (Å²) in [4.78, 5) is 12.3. The predicted molar refractivity (Wildman–Crippen MR) is 134 cm³/mol. The van der Waals surface area contributed by atoms with Gasteiger partial charge in [-0.3, -0.25) is 4.79 Å². The number of carbonyl (C=O) groups is 1. The van der Waals surface area contributed by atoms with E-state index in [1.54, 1.807) is 6.21 Å². The van der Waals surface area contributed by atoms with Crippen molar-refractivity contribution in [2.24, 2.45) is 5.10 Å². The van der Waals surface area contributed by atoms with E-state index in [4.69, 9.17) is 17.3 Å². The number of phenols is 1. The average Bonchev–Trinajstić information content (AvgIpc) is 2.82. The maximum absolute atomic E-state index is 12.3. The van der Waals surface area contributed by atoms with Crippen molar-refractivity contribution in [2.75, 3.05) is 5.73 Å². The van der Waals surface area contributed by atoms with Gasteiger partial charge in [-0.15, -0.1) is 0 Å². The minimum absolute atomic E-state index is 0.0655. The highest BCUT2D eigenvalue weighted by atomic mass is 35.5. The Morgan fingerprint density at radius 3 is 2.52 bits per heavy atom. The van der Waals surface area contributed by atoms with Crippen LogP contribution in [0.1, 0.15) is 27.0 Å². The second-order valence-corrected chi connectivity index (χ2v) is 8.00. The van der Waals surface area contributed by atoms with Crippen molar-refractivity contribution in [1.29, 1.82) is 0 Å². The Balaban J connectivity index is 1.45. The lowest BCUT2D eigenvalue weighted by atomic mass is 10.0. The van der Waals surface area contributed by atoms with Gasteiger partial charge in [0.05, 0.1) is 11.9 Å². The molecule has 1 amide bonds. The number of benzene rings is 4. The third-order valence-corrected chi connectivity index (χ3v) is 5.52. The molecule has 0 aliphatic rings. The summed E-state index contributed by atoms with van der Waals surface area (Å²) in [5.41, 5.74) is 11.8. The fourth-order valence-corrected chi connectivity index (χ4v) is 3.66. The molecule has 7 heteroatoms. The van der Waals surface area contributed by atoms with Gasteiger partial charge in [-0.05, 0) is 52.2 Å². The molecule has 0 bridgehead atoms. The molecule has 4 aromatic rings. The lowest BCUT2D eigenvalue weighted by molar-refractivity contribution is 0.0955. The van der Waals surface area contributed by atoms with E-state index in [1.807, 2.05) is 48.5 Å². The van der Waals surface area contributed by atoms with Gasteiger partial charge >= 0.3 is 0 Å². The molecule has 166 valence electrons. The van der Waals surface area contributed by atoms with Gasteiger partial charge in [0.2, 0.25) is 0 Å². The standard InChI is InChI=1S/C26H23ClN4O2/c27-21-10-7-17(8-11-21)14-29-15-19-3-1-6-23-20(4-2-5-22(19)23)16-30-31-26(33)18-9-12-25(32)24(28)13-18/h1-13,16,29,32H,14-15,28H2,(H,31,33)/b30-16+. The quantitative estimate of drug-likeness (QED) is 0.138. The van der Waals surface area contributed by atoms with E-state index in [0.717, 1.165) is 27.9 Å². The van der Waals surface area contributed by atoms with E-state index >= 15 is 0 Å². The van der Waals surface area contributed by atoms with Crippen molar-refractivity contribution in [3.63, 3.8) is 0 Å². The minimum atomic E-state index is -0.412. The van der Waals surface area contributed by atoms with Crippen LogP contribution in [0.5, 0.6) is 5.75 Å². The van der Waals surface area contributed by atoms with Crippen molar-refractivity contribution in [2.45, 2.75) is 13.1 Å². The van der Waals surface area contributed by atoms with Crippen molar-refractivity contribution in [3.8, 4) is 5.75 Å². The van der Waals surface area contributed by atoms with Crippen LogP contribution in [-0.4, -0.2) is 17.2 Å². The molecular formula is C26H23ClN4O2. The van der Waals surface area contributed by atoms with Gasteiger partial charge in [-0.1, -0.05) is 60.1 Å². The van der Waals surface area contributed by atoms with E-state index in [-0.39, 0.29) is 11.4 Å². The Morgan fingerprint density at radius 2 is 1.73 bits per heavy atom. The zero-order chi connectivity index (χ0) is 23.2. The zero-order valence-corrected chi connectivity index (χ0v) is 18.5. The van der Waals surface area contributed by atoms with Crippen molar-refractivity contribution in [3.05, 3.63) is 106 Å². The summed E-state index contributed by atoms with van der Waals surface area (Å²) in [5, 5.41) is 20.0. The lowest BCUT2D eigenvalue weighted by Crippen LogP contribution is -2.17. The van der Waals surface area contributed by atoms with E-state index in [1.165, 1.54) is 29.3 Å². The first-order valence-electron chi connectivity index (χ1n) is 10.4. The maximum atomic E-state index is 12.3. The Hall–Kier alpha value is -3.87. The first kappa shape index (κ1) is 22.3. The first-order chi connectivity index (χ1) is 16.0. The van der Waals surface area contributed by atoms with Crippen LogP contribution in [0.3, 0.4) is 0 Å². The topological polar surface area (TPSA) is 99.7 Å². The molecule has 0 fully saturated rings. The molecule has 0 saturated carbocycles. The molecule has 0 unspecified atom stereocenters.